The second-order valence-electron chi connectivity index (χ2n) is 6.32. The molecule has 2 saturated heterocycles. The van der Waals surface area contributed by atoms with E-state index >= 15 is 0 Å². The van der Waals surface area contributed by atoms with Gasteiger partial charge < -0.3 is 15.0 Å². The maximum atomic E-state index is 12.5. The molecule has 4 nitrogen and oxygen atoms in total. The van der Waals surface area contributed by atoms with Gasteiger partial charge in [-0.3, -0.25) is 4.79 Å². The number of carbonyl (C=O) groups is 1. The van der Waals surface area contributed by atoms with E-state index in [2.05, 4.69) is 26.1 Å². The van der Waals surface area contributed by atoms with Crippen molar-refractivity contribution in [1.82, 2.24) is 10.2 Å². The third-order valence-corrected chi connectivity index (χ3v) is 4.59. The van der Waals surface area contributed by atoms with Crippen molar-refractivity contribution in [3.05, 3.63) is 0 Å². The molecule has 2 fully saturated rings. The van der Waals surface area contributed by atoms with Crippen molar-refractivity contribution >= 4 is 5.91 Å². The maximum Gasteiger partial charge on any atom is 0.223 e. The third kappa shape index (κ3) is 3.69. The number of hydrogen-bond donors (Lipinski definition) is 1. The Labute approximate surface area is 116 Å². The smallest absolute Gasteiger partial charge is 0.223 e. The minimum Gasteiger partial charge on any atom is -0.377 e. The highest BCUT2D eigenvalue weighted by Gasteiger charge is 2.31. The Kier molecular flexibility index (Phi) is 5.22. The number of nitrogens with one attached hydrogen (secondary N) is 1. The van der Waals surface area contributed by atoms with Gasteiger partial charge in [0.1, 0.15) is 0 Å². The molecule has 0 aliphatic carbocycles. The molecule has 110 valence electrons. The maximum absolute atomic E-state index is 12.5. The van der Waals surface area contributed by atoms with Crippen LogP contribution >= 0.6 is 0 Å². The number of hydrogen-bond acceptors (Lipinski definition) is 3. The number of carbonyl (C=O) groups excluding carboxylic acids is 1. The monoisotopic (exact) mass is 268 g/mol. The van der Waals surface area contributed by atoms with E-state index in [0.29, 0.717) is 37.4 Å². The number of rotatable bonds is 3. The van der Waals surface area contributed by atoms with Crippen molar-refractivity contribution in [1.29, 1.82) is 0 Å². The van der Waals surface area contributed by atoms with Crippen molar-refractivity contribution in [2.75, 3.05) is 26.3 Å². The first-order valence-electron chi connectivity index (χ1n) is 7.69. The Bertz CT molecular complexity index is 293. The van der Waals surface area contributed by atoms with E-state index in [1.165, 1.54) is 12.8 Å². The Hall–Kier alpha value is -0.610. The molecule has 2 aliphatic heterocycles. The zero-order valence-electron chi connectivity index (χ0n) is 12.5. The Morgan fingerprint density at radius 2 is 2.05 bits per heavy atom. The molecule has 1 amide bonds. The summed E-state index contributed by atoms with van der Waals surface area (Å²) in [7, 11) is 0. The fourth-order valence-electron chi connectivity index (χ4n) is 3.41. The van der Waals surface area contributed by atoms with Crippen LogP contribution in [-0.2, 0) is 9.53 Å². The van der Waals surface area contributed by atoms with Crippen LogP contribution in [0.15, 0.2) is 0 Å². The fourth-order valence-corrected chi connectivity index (χ4v) is 3.41. The lowest BCUT2D eigenvalue weighted by Crippen LogP contribution is -2.53. The molecule has 0 spiro atoms. The molecule has 0 aromatic carbocycles. The van der Waals surface area contributed by atoms with E-state index in [4.69, 9.17) is 4.74 Å². The summed E-state index contributed by atoms with van der Waals surface area (Å²) < 4.78 is 5.49. The zero-order valence-corrected chi connectivity index (χ0v) is 12.5. The Morgan fingerprint density at radius 3 is 2.63 bits per heavy atom. The van der Waals surface area contributed by atoms with Crippen LogP contribution in [0, 0.1) is 11.8 Å². The minimum absolute atomic E-state index is 0.216. The molecule has 0 bridgehead atoms. The Morgan fingerprint density at radius 1 is 1.37 bits per heavy atom. The second kappa shape index (κ2) is 6.71. The van der Waals surface area contributed by atoms with Gasteiger partial charge in [0, 0.05) is 6.42 Å². The molecule has 2 heterocycles. The van der Waals surface area contributed by atoms with Gasteiger partial charge in [-0.15, -0.1) is 0 Å². The molecule has 2 aliphatic rings. The number of morpholine rings is 1. The van der Waals surface area contributed by atoms with Crippen molar-refractivity contribution in [2.45, 2.75) is 52.1 Å². The van der Waals surface area contributed by atoms with E-state index < -0.39 is 0 Å². The first-order chi connectivity index (χ1) is 9.09. The molecular formula is C15H28N2O2. The topological polar surface area (TPSA) is 41.6 Å². The van der Waals surface area contributed by atoms with E-state index in [1.807, 2.05) is 4.90 Å². The molecule has 0 aromatic rings. The predicted molar refractivity (Wildman–Crippen MR) is 76.0 cm³/mol. The van der Waals surface area contributed by atoms with Crippen LogP contribution < -0.4 is 5.32 Å². The summed E-state index contributed by atoms with van der Waals surface area (Å²) in [6, 6.07) is 0.431. The average Bonchev–Trinajstić information content (AvgIpc) is 2.39. The highest BCUT2D eigenvalue weighted by atomic mass is 16.5. The molecule has 0 aromatic heterocycles. The summed E-state index contributed by atoms with van der Waals surface area (Å²) in [4.78, 5) is 14.6. The molecule has 0 radical (unpaired) electrons. The van der Waals surface area contributed by atoms with Gasteiger partial charge in [-0.1, -0.05) is 6.92 Å². The first kappa shape index (κ1) is 14.8. The second-order valence-corrected chi connectivity index (χ2v) is 6.32. The first-order valence-corrected chi connectivity index (χ1v) is 7.69. The third-order valence-electron chi connectivity index (χ3n) is 4.59. The molecule has 0 saturated carbocycles. The van der Waals surface area contributed by atoms with Gasteiger partial charge in [0.25, 0.3) is 0 Å². The largest absolute Gasteiger partial charge is 0.377 e. The molecule has 19 heavy (non-hydrogen) atoms. The highest BCUT2D eigenvalue weighted by Crippen LogP contribution is 2.25. The molecular weight excluding hydrogens is 240 g/mol. The number of ether oxygens (including phenoxy) is 1. The molecule has 0 unspecified atom stereocenters. The van der Waals surface area contributed by atoms with E-state index in [9.17, 15) is 4.79 Å². The molecule has 4 heteroatoms. The van der Waals surface area contributed by atoms with Crippen LogP contribution in [0.5, 0.6) is 0 Å². The Balaban J connectivity index is 1.88. The molecule has 1 N–H and O–H groups in total. The average molecular weight is 268 g/mol. The highest BCUT2D eigenvalue weighted by molar-refractivity contribution is 5.77. The van der Waals surface area contributed by atoms with Gasteiger partial charge in [-0.2, -0.15) is 0 Å². The summed E-state index contributed by atoms with van der Waals surface area (Å²) in [6.07, 6.45) is 3.18. The van der Waals surface area contributed by atoms with Crippen molar-refractivity contribution in [3.8, 4) is 0 Å². The SMILES string of the molecule is C[C@H](CC(=O)N1[C@H](C)COC[C@@H]1C)[C@@H]1CCCNC1. The number of piperidine rings is 1. The van der Waals surface area contributed by atoms with E-state index in [1.54, 1.807) is 0 Å². The van der Waals surface area contributed by atoms with Crippen molar-refractivity contribution in [3.63, 3.8) is 0 Å². The van der Waals surface area contributed by atoms with E-state index in [0.717, 1.165) is 13.1 Å². The lowest BCUT2D eigenvalue weighted by atomic mass is 9.85. The zero-order chi connectivity index (χ0) is 13.8. The summed E-state index contributed by atoms with van der Waals surface area (Å²) in [6.45, 7) is 9.95. The minimum atomic E-state index is 0.216. The summed E-state index contributed by atoms with van der Waals surface area (Å²) in [5, 5.41) is 3.44. The van der Waals surface area contributed by atoms with Crippen molar-refractivity contribution in [2.24, 2.45) is 11.8 Å². The van der Waals surface area contributed by atoms with Crippen LogP contribution in [0.1, 0.15) is 40.0 Å². The lowest BCUT2D eigenvalue weighted by Gasteiger charge is -2.40. The predicted octanol–water partition coefficient (Wildman–Crippen LogP) is 1.65. The van der Waals surface area contributed by atoms with Gasteiger partial charge in [0.15, 0.2) is 0 Å². The lowest BCUT2D eigenvalue weighted by molar-refractivity contribution is -0.145. The van der Waals surface area contributed by atoms with E-state index in [-0.39, 0.29) is 12.1 Å². The van der Waals surface area contributed by atoms with Gasteiger partial charge >= 0.3 is 0 Å². The quantitative estimate of drug-likeness (QED) is 0.846. The van der Waals surface area contributed by atoms with Gasteiger partial charge in [0.05, 0.1) is 25.3 Å². The van der Waals surface area contributed by atoms with Crippen LogP contribution in [0.4, 0.5) is 0 Å². The normalized spacial score (nSPS) is 34.1. The summed E-state index contributed by atoms with van der Waals surface area (Å²) in [5.74, 6) is 1.44. The van der Waals surface area contributed by atoms with Gasteiger partial charge in [0.2, 0.25) is 5.91 Å². The van der Waals surface area contributed by atoms with Crippen LogP contribution in [0.25, 0.3) is 0 Å². The van der Waals surface area contributed by atoms with Gasteiger partial charge in [-0.05, 0) is 51.6 Å². The van der Waals surface area contributed by atoms with Crippen LogP contribution in [-0.4, -0.2) is 49.2 Å². The van der Waals surface area contributed by atoms with Crippen LogP contribution in [0.2, 0.25) is 0 Å². The standard InChI is InChI=1S/C15H28N2O2/c1-11(14-5-4-6-16-8-14)7-15(18)17-12(2)9-19-10-13(17)3/h11-14,16H,4-10H2,1-3H3/t11-,12-,13+,14-/m1/s1. The molecule has 4 atom stereocenters. The summed E-state index contributed by atoms with van der Waals surface area (Å²) >= 11 is 0. The van der Waals surface area contributed by atoms with Crippen molar-refractivity contribution < 1.29 is 9.53 Å². The summed E-state index contributed by atoms with van der Waals surface area (Å²) in [5.41, 5.74) is 0. The fraction of sp³-hybridized carbons (Fsp3) is 0.933. The molecule has 2 rings (SSSR count). The van der Waals surface area contributed by atoms with Gasteiger partial charge in [-0.25, -0.2) is 0 Å². The number of nitrogens with zero attached hydrogens (tertiary/aromatic N) is 1. The van der Waals surface area contributed by atoms with Crippen LogP contribution in [0.3, 0.4) is 0 Å². The number of amides is 1.